The molecule has 4 heteroatoms. The molecule has 0 bridgehead atoms. The normalized spacial score (nSPS) is 11.6. The highest BCUT2D eigenvalue weighted by Gasteiger charge is 2.20. The molecular weight excluding hydrogens is 629 g/mol. The van der Waals surface area contributed by atoms with Crippen molar-refractivity contribution in [3.05, 3.63) is 170 Å². The molecule has 50 heavy (non-hydrogen) atoms. The lowest BCUT2D eigenvalue weighted by molar-refractivity contribution is 0.669. The van der Waals surface area contributed by atoms with Gasteiger partial charge < -0.3 is 4.42 Å². The number of nitrogens with zero attached hydrogens (tertiary/aromatic N) is 2. The molecule has 0 saturated carbocycles. The van der Waals surface area contributed by atoms with Crippen LogP contribution in [0.1, 0.15) is 0 Å². The second-order valence-corrected chi connectivity index (χ2v) is 13.6. The van der Waals surface area contributed by atoms with Crippen molar-refractivity contribution < 1.29 is 4.42 Å². The third-order valence-corrected chi connectivity index (χ3v) is 10.7. The summed E-state index contributed by atoms with van der Waals surface area (Å²) >= 11 is 1.75. The van der Waals surface area contributed by atoms with Gasteiger partial charge in [0.1, 0.15) is 11.2 Å². The zero-order valence-electron chi connectivity index (χ0n) is 26.9. The highest BCUT2D eigenvalue weighted by molar-refractivity contribution is 7.26. The topological polar surface area (TPSA) is 38.9 Å². The molecule has 0 N–H and O–H groups in total. The van der Waals surface area contributed by atoms with Gasteiger partial charge in [-0.25, -0.2) is 9.97 Å². The van der Waals surface area contributed by atoms with Gasteiger partial charge in [0.2, 0.25) is 0 Å². The van der Waals surface area contributed by atoms with E-state index in [0.29, 0.717) is 5.82 Å². The number of thiophene rings is 1. The molecule has 0 atom stereocenters. The molecule has 0 saturated heterocycles. The number of rotatable bonds is 5. The predicted molar refractivity (Wildman–Crippen MR) is 209 cm³/mol. The Morgan fingerprint density at radius 1 is 0.420 bits per heavy atom. The number of aromatic nitrogens is 2. The molecule has 0 spiro atoms. The van der Waals surface area contributed by atoms with Crippen molar-refractivity contribution in [1.29, 1.82) is 0 Å². The fourth-order valence-corrected chi connectivity index (χ4v) is 8.19. The summed E-state index contributed by atoms with van der Waals surface area (Å²) < 4.78 is 8.73. The molecule has 0 unspecified atom stereocenters. The zero-order valence-corrected chi connectivity index (χ0v) is 27.7. The van der Waals surface area contributed by atoms with Crippen LogP contribution < -0.4 is 0 Å². The van der Waals surface area contributed by atoms with Gasteiger partial charge in [-0.3, -0.25) is 0 Å². The van der Waals surface area contributed by atoms with E-state index in [9.17, 15) is 0 Å². The van der Waals surface area contributed by atoms with Crippen LogP contribution in [0.15, 0.2) is 174 Å². The van der Waals surface area contributed by atoms with E-state index in [0.717, 1.165) is 65.5 Å². The maximum atomic E-state index is 6.44. The van der Waals surface area contributed by atoms with Crippen LogP contribution in [0.4, 0.5) is 0 Å². The quantitative estimate of drug-likeness (QED) is 0.185. The van der Waals surface area contributed by atoms with Crippen molar-refractivity contribution in [3.63, 3.8) is 0 Å². The van der Waals surface area contributed by atoms with Crippen molar-refractivity contribution in [2.75, 3.05) is 0 Å². The van der Waals surface area contributed by atoms with Gasteiger partial charge in [0.25, 0.3) is 0 Å². The Morgan fingerprint density at radius 3 is 1.70 bits per heavy atom. The van der Waals surface area contributed by atoms with Gasteiger partial charge in [-0.05, 0) is 57.6 Å². The van der Waals surface area contributed by atoms with E-state index in [1.807, 2.05) is 24.3 Å². The van der Waals surface area contributed by atoms with Crippen LogP contribution in [0.25, 0.3) is 98.3 Å². The number of fused-ring (bicyclic) bond motifs is 6. The molecule has 0 amide bonds. The summed E-state index contributed by atoms with van der Waals surface area (Å²) in [5.74, 6) is 0.689. The summed E-state index contributed by atoms with van der Waals surface area (Å²) in [6.07, 6.45) is 0. The Morgan fingerprint density at radius 2 is 1.00 bits per heavy atom. The van der Waals surface area contributed by atoms with Crippen LogP contribution in [0, 0.1) is 0 Å². The van der Waals surface area contributed by atoms with E-state index in [2.05, 4.69) is 146 Å². The molecule has 3 nitrogen and oxygen atoms in total. The lowest BCUT2D eigenvalue weighted by Crippen LogP contribution is -1.94. The van der Waals surface area contributed by atoms with Gasteiger partial charge in [-0.2, -0.15) is 0 Å². The molecule has 3 aromatic heterocycles. The van der Waals surface area contributed by atoms with Crippen LogP contribution >= 0.6 is 11.3 Å². The monoisotopic (exact) mass is 656 g/mol. The first-order valence-corrected chi connectivity index (χ1v) is 17.6. The van der Waals surface area contributed by atoms with Gasteiger partial charge in [-0.1, -0.05) is 146 Å². The predicted octanol–water partition coefficient (Wildman–Crippen LogP) is 13.1. The summed E-state index contributed by atoms with van der Waals surface area (Å²) in [6, 6.07) is 59.6. The maximum absolute atomic E-state index is 6.44. The lowest BCUT2D eigenvalue weighted by atomic mass is 9.98. The number of hydrogen-bond acceptors (Lipinski definition) is 4. The molecule has 7 aromatic carbocycles. The van der Waals surface area contributed by atoms with E-state index in [1.165, 1.54) is 27.0 Å². The van der Waals surface area contributed by atoms with Gasteiger partial charge in [0.15, 0.2) is 5.82 Å². The highest BCUT2D eigenvalue weighted by Crippen LogP contribution is 2.42. The maximum Gasteiger partial charge on any atom is 0.161 e. The van der Waals surface area contributed by atoms with Crippen LogP contribution in [0.3, 0.4) is 0 Å². The van der Waals surface area contributed by atoms with E-state index in [4.69, 9.17) is 14.4 Å². The second-order valence-electron chi connectivity index (χ2n) is 12.6. The van der Waals surface area contributed by atoms with Crippen molar-refractivity contribution >= 4 is 53.6 Å². The fourth-order valence-electron chi connectivity index (χ4n) is 7.04. The van der Waals surface area contributed by atoms with E-state index in [-0.39, 0.29) is 0 Å². The van der Waals surface area contributed by atoms with Gasteiger partial charge in [0.05, 0.1) is 15.9 Å². The summed E-state index contributed by atoms with van der Waals surface area (Å²) in [5.41, 5.74) is 12.7. The minimum atomic E-state index is 0.689. The summed E-state index contributed by atoms with van der Waals surface area (Å²) in [4.78, 5) is 10.7. The first kappa shape index (κ1) is 28.6. The second kappa shape index (κ2) is 11.7. The average molecular weight is 657 g/mol. The van der Waals surface area contributed by atoms with Crippen LogP contribution in [-0.2, 0) is 0 Å². The number of hydrogen-bond donors (Lipinski definition) is 0. The Balaban J connectivity index is 1.14. The van der Waals surface area contributed by atoms with E-state index in [1.54, 1.807) is 11.3 Å². The van der Waals surface area contributed by atoms with Crippen molar-refractivity contribution in [1.82, 2.24) is 9.97 Å². The zero-order chi connectivity index (χ0) is 33.0. The summed E-state index contributed by atoms with van der Waals surface area (Å²) in [5, 5.41) is 3.21. The molecule has 234 valence electrons. The largest absolute Gasteiger partial charge is 0.456 e. The molecule has 0 aliphatic heterocycles. The van der Waals surface area contributed by atoms with Crippen LogP contribution in [0.2, 0.25) is 0 Å². The van der Waals surface area contributed by atoms with Crippen LogP contribution in [0.5, 0.6) is 0 Å². The van der Waals surface area contributed by atoms with E-state index < -0.39 is 0 Å². The lowest BCUT2D eigenvalue weighted by Gasteiger charge is -2.09. The molecule has 10 rings (SSSR count). The smallest absolute Gasteiger partial charge is 0.161 e. The Hall–Kier alpha value is -6.36. The van der Waals surface area contributed by atoms with E-state index >= 15 is 0 Å². The molecule has 0 fully saturated rings. The van der Waals surface area contributed by atoms with Crippen molar-refractivity contribution in [2.45, 2.75) is 0 Å². The third-order valence-electron chi connectivity index (χ3n) is 9.55. The Kier molecular flexibility index (Phi) is 6.68. The first-order valence-electron chi connectivity index (χ1n) is 16.7. The first-order chi connectivity index (χ1) is 24.8. The number of benzene rings is 7. The Labute approximate surface area is 292 Å². The highest BCUT2D eigenvalue weighted by atomic mass is 32.1. The Bertz CT molecular complexity index is 2840. The molecule has 0 aliphatic rings. The van der Waals surface area contributed by atoms with Gasteiger partial charge >= 0.3 is 0 Å². The molecule has 0 radical (unpaired) electrons. The number of furan rings is 1. The minimum Gasteiger partial charge on any atom is -0.456 e. The molecule has 3 heterocycles. The third kappa shape index (κ3) is 4.80. The molecular formula is C46H28N2OS. The van der Waals surface area contributed by atoms with Crippen molar-refractivity contribution in [3.8, 4) is 56.0 Å². The minimum absolute atomic E-state index is 0.689. The van der Waals surface area contributed by atoms with Crippen molar-refractivity contribution in [2.24, 2.45) is 0 Å². The average Bonchev–Trinajstić information content (AvgIpc) is 3.76. The summed E-state index contributed by atoms with van der Waals surface area (Å²) in [7, 11) is 0. The standard InChI is InChI=1S/C46H28N2OS/c1-3-10-29(11-4-1)31-18-20-33(21-19-31)35-26-27-39-38(28-35)42-37(15-9-16-40(42)49-39)46-47-43(45-44(48-46)36-14-7-8-17-41(36)50-45)34-24-22-32(23-25-34)30-12-5-2-6-13-30/h1-28H. The van der Waals surface area contributed by atoms with Gasteiger partial charge in [-0.15, -0.1) is 11.3 Å². The summed E-state index contributed by atoms with van der Waals surface area (Å²) in [6.45, 7) is 0. The van der Waals surface area contributed by atoms with Crippen LogP contribution in [-0.4, -0.2) is 9.97 Å². The van der Waals surface area contributed by atoms with Gasteiger partial charge in [0, 0.05) is 32.0 Å². The fraction of sp³-hybridized carbons (Fsp3) is 0. The molecule has 10 aromatic rings. The SMILES string of the molecule is c1ccc(-c2ccc(-c3ccc4oc5cccc(-c6nc(-c7ccc(-c8ccccc8)cc7)c7sc8ccccc8c7n6)c5c4c3)cc2)cc1. The molecule has 0 aliphatic carbocycles.